The van der Waals surface area contributed by atoms with Crippen molar-refractivity contribution in [2.24, 2.45) is 5.41 Å². The minimum atomic E-state index is -0.916. The topological polar surface area (TPSA) is 71.7 Å². The molecule has 2 rings (SSSR count). The van der Waals surface area contributed by atoms with Gasteiger partial charge < -0.3 is 19.3 Å². The molecule has 1 atom stereocenters. The molecule has 0 radical (unpaired) electrons. The molecule has 1 N–H and O–H groups in total. The molecule has 0 amide bonds. The SMILES string of the molecule is COc1cc(Br)c(C(O)C2(C#N)CCOCC2)cc1OC. The van der Waals surface area contributed by atoms with Crippen LogP contribution in [0.1, 0.15) is 24.5 Å². The summed E-state index contributed by atoms with van der Waals surface area (Å²) in [5, 5.41) is 20.3. The highest BCUT2D eigenvalue weighted by Crippen LogP contribution is 2.46. The monoisotopic (exact) mass is 355 g/mol. The van der Waals surface area contributed by atoms with Crippen LogP contribution in [0.25, 0.3) is 0 Å². The molecule has 0 saturated carbocycles. The van der Waals surface area contributed by atoms with Crippen molar-refractivity contribution < 1.29 is 19.3 Å². The van der Waals surface area contributed by atoms with Crippen LogP contribution < -0.4 is 9.47 Å². The van der Waals surface area contributed by atoms with Gasteiger partial charge in [-0.1, -0.05) is 15.9 Å². The summed E-state index contributed by atoms with van der Waals surface area (Å²) in [6.07, 6.45) is 0.0947. The van der Waals surface area contributed by atoms with E-state index < -0.39 is 11.5 Å². The fourth-order valence-corrected chi connectivity index (χ4v) is 3.10. The van der Waals surface area contributed by atoms with Crippen molar-refractivity contribution in [3.05, 3.63) is 22.2 Å². The van der Waals surface area contributed by atoms with E-state index in [0.29, 0.717) is 47.6 Å². The molecular weight excluding hydrogens is 338 g/mol. The van der Waals surface area contributed by atoms with Crippen molar-refractivity contribution in [1.82, 2.24) is 0 Å². The number of nitriles is 1. The standard InChI is InChI=1S/C15H18BrNO4/c1-19-12-7-10(11(16)8-13(12)20-2)14(18)15(9-17)3-5-21-6-4-15/h7-8,14,18H,3-6H2,1-2H3. The summed E-state index contributed by atoms with van der Waals surface area (Å²) in [7, 11) is 3.09. The van der Waals surface area contributed by atoms with Crippen LogP contribution in [-0.4, -0.2) is 32.5 Å². The van der Waals surface area contributed by atoms with Gasteiger partial charge in [-0.3, -0.25) is 0 Å². The largest absolute Gasteiger partial charge is 0.493 e. The maximum Gasteiger partial charge on any atom is 0.161 e. The molecule has 1 unspecified atom stereocenters. The first-order valence-corrected chi connectivity index (χ1v) is 7.46. The molecule has 1 aliphatic rings. The van der Waals surface area contributed by atoms with Gasteiger partial charge in [-0.2, -0.15) is 5.26 Å². The Hall–Kier alpha value is -1.29. The van der Waals surface area contributed by atoms with Crippen molar-refractivity contribution in [1.29, 1.82) is 5.26 Å². The van der Waals surface area contributed by atoms with Crippen LogP contribution in [0, 0.1) is 16.7 Å². The molecule has 1 aromatic rings. The number of rotatable bonds is 4. The molecule has 1 heterocycles. The number of ether oxygens (including phenoxy) is 3. The van der Waals surface area contributed by atoms with Crippen molar-refractivity contribution in [2.45, 2.75) is 18.9 Å². The Kier molecular flexibility index (Phi) is 5.09. The van der Waals surface area contributed by atoms with Gasteiger partial charge in [0.25, 0.3) is 0 Å². The summed E-state index contributed by atoms with van der Waals surface area (Å²) in [4.78, 5) is 0. The van der Waals surface area contributed by atoms with Gasteiger partial charge in [-0.25, -0.2) is 0 Å². The maximum absolute atomic E-state index is 10.8. The fraction of sp³-hybridized carbons (Fsp3) is 0.533. The third-order valence-electron chi connectivity index (χ3n) is 3.93. The number of halogens is 1. The quantitative estimate of drug-likeness (QED) is 0.898. The van der Waals surface area contributed by atoms with Gasteiger partial charge in [0, 0.05) is 23.2 Å². The first-order chi connectivity index (χ1) is 10.1. The Balaban J connectivity index is 2.42. The number of methoxy groups -OCH3 is 2. The smallest absolute Gasteiger partial charge is 0.161 e. The minimum absolute atomic E-state index is 0.482. The molecule has 1 aliphatic heterocycles. The van der Waals surface area contributed by atoms with Crippen LogP contribution in [0.5, 0.6) is 11.5 Å². The van der Waals surface area contributed by atoms with E-state index in [2.05, 4.69) is 22.0 Å². The predicted molar refractivity (Wildman–Crippen MR) is 80.3 cm³/mol. The summed E-state index contributed by atoms with van der Waals surface area (Å²) in [6.45, 7) is 0.963. The Morgan fingerprint density at radius 1 is 1.29 bits per heavy atom. The fourth-order valence-electron chi connectivity index (χ4n) is 2.56. The molecule has 0 aromatic heterocycles. The number of benzene rings is 1. The van der Waals surface area contributed by atoms with Crippen molar-refractivity contribution in [2.75, 3.05) is 27.4 Å². The van der Waals surface area contributed by atoms with Gasteiger partial charge in [0.05, 0.1) is 31.8 Å². The molecule has 21 heavy (non-hydrogen) atoms. The Morgan fingerprint density at radius 2 is 1.86 bits per heavy atom. The van der Waals surface area contributed by atoms with E-state index in [1.165, 1.54) is 7.11 Å². The summed E-state index contributed by atoms with van der Waals surface area (Å²) in [5.74, 6) is 1.09. The van der Waals surface area contributed by atoms with Gasteiger partial charge in [0.1, 0.15) is 0 Å². The van der Waals surface area contributed by atoms with E-state index in [4.69, 9.17) is 14.2 Å². The number of aliphatic hydroxyl groups excluding tert-OH is 1. The normalized spacial score (nSPS) is 18.6. The molecule has 0 bridgehead atoms. The van der Waals surface area contributed by atoms with E-state index in [0.717, 1.165) is 0 Å². The Labute approximate surface area is 132 Å². The van der Waals surface area contributed by atoms with Crippen LogP contribution in [0.3, 0.4) is 0 Å². The van der Waals surface area contributed by atoms with Crippen LogP contribution in [-0.2, 0) is 4.74 Å². The lowest BCUT2D eigenvalue weighted by Gasteiger charge is -2.35. The third-order valence-corrected chi connectivity index (χ3v) is 4.62. The van der Waals surface area contributed by atoms with Gasteiger partial charge >= 0.3 is 0 Å². The van der Waals surface area contributed by atoms with Crippen molar-refractivity contribution >= 4 is 15.9 Å². The Morgan fingerprint density at radius 3 is 2.38 bits per heavy atom. The van der Waals surface area contributed by atoms with Crippen LogP contribution in [0.2, 0.25) is 0 Å². The lowest BCUT2D eigenvalue weighted by Crippen LogP contribution is -2.34. The van der Waals surface area contributed by atoms with E-state index in [9.17, 15) is 10.4 Å². The average Bonchev–Trinajstić information content (AvgIpc) is 2.54. The highest BCUT2D eigenvalue weighted by Gasteiger charge is 2.41. The summed E-state index contributed by atoms with van der Waals surface area (Å²) < 4.78 is 16.5. The van der Waals surface area contributed by atoms with Crippen LogP contribution in [0.15, 0.2) is 16.6 Å². The molecular formula is C15H18BrNO4. The number of aliphatic hydroxyl groups is 1. The number of hydrogen-bond donors (Lipinski definition) is 1. The Bertz CT molecular complexity index is 549. The van der Waals surface area contributed by atoms with Gasteiger partial charge in [-0.15, -0.1) is 0 Å². The zero-order valence-electron chi connectivity index (χ0n) is 12.1. The number of nitrogens with zero attached hydrogens (tertiary/aromatic N) is 1. The van der Waals surface area contributed by atoms with E-state index in [1.807, 2.05) is 0 Å². The average molecular weight is 356 g/mol. The highest BCUT2D eigenvalue weighted by atomic mass is 79.9. The lowest BCUT2D eigenvalue weighted by atomic mass is 9.74. The second-order valence-electron chi connectivity index (χ2n) is 5.01. The van der Waals surface area contributed by atoms with Crippen molar-refractivity contribution in [3.8, 4) is 17.6 Å². The van der Waals surface area contributed by atoms with E-state index in [1.54, 1.807) is 19.2 Å². The third kappa shape index (κ3) is 3.00. The first kappa shape index (κ1) is 16.1. The summed E-state index contributed by atoms with van der Waals surface area (Å²) in [5.41, 5.74) is -0.212. The molecule has 1 aromatic carbocycles. The highest BCUT2D eigenvalue weighted by molar-refractivity contribution is 9.10. The first-order valence-electron chi connectivity index (χ1n) is 6.66. The predicted octanol–water partition coefficient (Wildman–Crippen LogP) is 2.82. The maximum atomic E-state index is 10.8. The number of hydrogen-bond acceptors (Lipinski definition) is 5. The molecule has 0 aliphatic carbocycles. The molecule has 1 fully saturated rings. The summed E-state index contributed by atoms with van der Waals surface area (Å²) in [6, 6.07) is 5.73. The van der Waals surface area contributed by atoms with Gasteiger partial charge in [-0.05, 0) is 25.0 Å². The molecule has 1 saturated heterocycles. The minimum Gasteiger partial charge on any atom is -0.493 e. The van der Waals surface area contributed by atoms with Crippen LogP contribution >= 0.6 is 15.9 Å². The van der Waals surface area contributed by atoms with Gasteiger partial charge in [0.15, 0.2) is 11.5 Å². The molecule has 114 valence electrons. The van der Waals surface area contributed by atoms with E-state index in [-0.39, 0.29) is 0 Å². The van der Waals surface area contributed by atoms with Gasteiger partial charge in [0.2, 0.25) is 0 Å². The van der Waals surface area contributed by atoms with Crippen LogP contribution in [0.4, 0.5) is 0 Å². The second-order valence-corrected chi connectivity index (χ2v) is 5.87. The molecule has 5 nitrogen and oxygen atoms in total. The molecule has 0 spiro atoms. The molecule has 6 heteroatoms. The zero-order valence-corrected chi connectivity index (χ0v) is 13.6. The zero-order chi connectivity index (χ0) is 15.5. The summed E-state index contributed by atoms with van der Waals surface area (Å²) >= 11 is 3.44. The lowest BCUT2D eigenvalue weighted by molar-refractivity contribution is -0.0313. The van der Waals surface area contributed by atoms with Crippen molar-refractivity contribution in [3.63, 3.8) is 0 Å². The van der Waals surface area contributed by atoms with E-state index >= 15 is 0 Å². The second kappa shape index (κ2) is 6.65.